The smallest absolute Gasteiger partial charge is 0.321 e. The Morgan fingerprint density at radius 2 is 2.02 bits per heavy atom. The number of aliphatic hydroxyl groups is 1. The molecule has 0 aliphatic carbocycles. The predicted molar refractivity (Wildman–Crippen MR) is 146 cm³/mol. The molecule has 12 heteroatoms. The Balaban J connectivity index is 1.26. The van der Waals surface area contributed by atoms with Gasteiger partial charge in [-0.3, -0.25) is 4.79 Å². The Hall–Kier alpha value is -3.90. The van der Waals surface area contributed by atoms with Crippen molar-refractivity contribution in [3.63, 3.8) is 0 Å². The molecular formula is C28H28F2N6O3S. The summed E-state index contributed by atoms with van der Waals surface area (Å²) in [6.07, 6.45) is 2.73. The molecule has 1 saturated heterocycles. The summed E-state index contributed by atoms with van der Waals surface area (Å²) < 4.78 is 30.5. The number of hydrogen-bond donors (Lipinski definition) is 2. The van der Waals surface area contributed by atoms with Gasteiger partial charge in [-0.2, -0.15) is 9.49 Å². The normalized spacial score (nSPS) is 18.8. The number of urea groups is 1. The lowest BCUT2D eigenvalue weighted by Gasteiger charge is -2.33. The first-order valence-corrected chi connectivity index (χ1v) is 14.1. The van der Waals surface area contributed by atoms with Crippen LogP contribution in [0, 0.1) is 10.9 Å². The minimum Gasteiger partial charge on any atom is -0.391 e. The quantitative estimate of drug-likeness (QED) is 0.374. The van der Waals surface area contributed by atoms with Gasteiger partial charge in [0.2, 0.25) is 0 Å². The van der Waals surface area contributed by atoms with Gasteiger partial charge < -0.3 is 20.2 Å². The number of fused-ring (bicyclic) bond motifs is 2. The molecule has 0 saturated carbocycles. The molecule has 1 aromatic carbocycles. The van der Waals surface area contributed by atoms with E-state index in [1.165, 1.54) is 27.6 Å². The van der Waals surface area contributed by atoms with E-state index in [1.807, 2.05) is 13.8 Å². The highest BCUT2D eigenvalue weighted by Crippen LogP contribution is 2.35. The fourth-order valence-corrected chi connectivity index (χ4v) is 6.39. The van der Waals surface area contributed by atoms with Crippen LogP contribution in [0.4, 0.5) is 19.3 Å². The van der Waals surface area contributed by atoms with Crippen LogP contribution in [0.3, 0.4) is 0 Å². The lowest BCUT2D eigenvalue weighted by molar-refractivity contribution is 0.0671. The molecule has 9 nitrogen and oxygen atoms in total. The average Bonchev–Trinajstić information content (AvgIpc) is 3.65. The van der Waals surface area contributed by atoms with Crippen LogP contribution in [0.15, 0.2) is 36.5 Å². The summed E-state index contributed by atoms with van der Waals surface area (Å²) in [5.41, 5.74) is 3.24. The molecule has 0 radical (unpaired) electrons. The Labute approximate surface area is 233 Å². The van der Waals surface area contributed by atoms with Crippen molar-refractivity contribution in [2.45, 2.75) is 45.3 Å². The number of thiophene rings is 1. The number of nitrogens with one attached hydrogen (secondary N) is 1. The van der Waals surface area contributed by atoms with E-state index in [-0.39, 0.29) is 34.9 Å². The van der Waals surface area contributed by atoms with Crippen molar-refractivity contribution < 1.29 is 23.5 Å². The standard InChI is InChI=1S/C28H28F2N6O3S/c1-3-16-10-22(27(38)35-9-7-24-20(15(35)2)12-25(30)40-24)33-36-14-23(32-26(16)36)19-5-4-17(11-21(19)29)31-28(39)34-8-6-18(37)13-34/h4-5,10-12,14-15,18,37H,3,6-9,13H2,1-2H3,(H,31,39). The molecular weight excluding hydrogens is 538 g/mol. The number of aryl methyl sites for hydroxylation is 1. The minimum atomic E-state index is -0.571. The van der Waals surface area contributed by atoms with E-state index < -0.39 is 18.0 Å². The monoisotopic (exact) mass is 566 g/mol. The third-order valence-corrected chi connectivity index (χ3v) is 8.62. The zero-order valence-electron chi connectivity index (χ0n) is 22.0. The molecule has 3 amide bonds. The number of imidazole rings is 1. The molecule has 4 aromatic rings. The van der Waals surface area contributed by atoms with Gasteiger partial charge in [-0.05, 0) is 67.6 Å². The van der Waals surface area contributed by atoms with E-state index in [1.54, 1.807) is 23.2 Å². The van der Waals surface area contributed by atoms with E-state index >= 15 is 4.39 Å². The number of carbonyl (C=O) groups excluding carboxylic acids is 2. The third kappa shape index (κ3) is 4.71. The highest BCUT2D eigenvalue weighted by atomic mass is 32.1. The number of carbonyl (C=O) groups is 2. The molecule has 5 heterocycles. The van der Waals surface area contributed by atoms with Crippen molar-refractivity contribution >= 4 is 34.6 Å². The van der Waals surface area contributed by atoms with Gasteiger partial charge in [0.05, 0.1) is 24.0 Å². The van der Waals surface area contributed by atoms with Crippen molar-refractivity contribution in [3.05, 3.63) is 69.2 Å². The van der Waals surface area contributed by atoms with Crippen LogP contribution in [-0.4, -0.2) is 67.2 Å². The fraction of sp³-hybridized carbons (Fsp3) is 0.357. The Morgan fingerprint density at radius 3 is 2.75 bits per heavy atom. The highest BCUT2D eigenvalue weighted by Gasteiger charge is 2.31. The summed E-state index contributed by atoms with van der Waals surface area (Å²) in [7, 11) is 0. The van der Waals surface area contributed by atoms with Crippen molar-refractivity contribution in [3.8, 4) is 11.3 Å². The van der Waals surface area contributed by atoms with E-state index in [9.17, 15) is 19.1 Å². The molecule has 2 N–H and O–H groups in total. The summed E-state index contributed by atoms with van der Waals surface area (Å²) in [5, 5.41) is 16.6. The molecule has 3 aromatic heterocycles. The number of benzene rings is 1. The molecule has 40 heavy (non-hydrogen) atoms. The van der Waals surface area contributed by atoms with E-state index in [0.717, 1.165) is 27.3 Å². The zero-order chi connectivity index (χ0) is 28.1. The zero-order valence-corrected chi connectivity index (χ0v) is 22.8. The van der Waals surface area contributed by atoms with Gasteiger partial charge in [0.25, 0.3) is 5.91 Å². The molecule has 2 aliphatic rings. The van der Waals surface area contributed by atoms with E-state index in [4.69, 9.17) is 0 Å². The second-order valence-corrected chi connectivity index (χ2v) is 11.3. The number of aromatic nitrogens is 3. The van der Waals surface area contributed by atoms with Gasteiger partial charge in [-0.15, -0.1) is 11.3 Å². The first-order chi connectivity index (χ1) is 19.2. The van der Waals surface area contributed by atoms with Crippen LogP contribution in [0.2, 0.25) is 0 Å². The van der Waals surface area contributed by atoms with Crippen LogP contribution < -0.4 is 5.32 Å². The van der Waals surface area contributed by atoms with Crippen molar-refractivity contribution in [2.75, 3.05) is 25.0 Å². The number of nitrogens with zero attached hydrogens (tertiary/aromatic N) is 5. The maximum atomic E-state index is 15.2. The molecule has 0 bridgehead atoms. The molecule has 208 valence electrons. The van der Waals surface area contributed by atoms with Crippen LogP contribution in [0.25, 0.3) is 16.9 Å². The Morgan fingerprint density at radius 1 is 1.20 bits per heavy atom. The van der Waals surface area contributed by atoms with Crippen molar-refractivity contribution in [2.24, 2.45) is 0 Å². The number of amides is 3. The number of likely N-dealkylation sites (tertiary alicyclic amines) is 1. The van der Waals surface area contributed by atoms with E-state index in [2.05, 4.69) is 15.4 Å². The third-order valence-electron chi connectivity index (χ3n) is 7.62. The second-order valence-electron chi connectivity index (χ2n) is 10.2. The Bertz CT molecular complexity index is 1640. The topological polar surface area (TPSA) is 103 Å². The average molecular weight is 567 g/mol. The lowest BCUT2D eigenvalue weighted by Crippen LogP contribution is -2.38. The first-order valence-electron chi connectivity index (χ1n) is 13.2. The largest absolute Gasteiger partial charge is 0.391 e. The van der Waals surface area contributed by atoms with E-state index in [0.29, 0.717) is 49.4 Å². The van der Waals surface area contributed by atoms with Gasteiger partial charge >= 0.3 is 6.03 Å². The Kier molecular flexibility index (Phi) is 6.75. The van der Waals surface area contributed by atoms with Gasteiger partial charge in [-0.25, -0.2) is 18.7 Å². The lowest BCUT2D eigenvalue weighted by atomic mass is 10.0. The van der Waals surface area contributed by atoms with Gasteiger partial charge in [0.1, 0.15) is 11.5 Å². The van der Waals surface area contributed by atoms with Gasteiger partial charge in [-0.1, -0.05) is 6.92 Å². The molecule has 2 atom stereocenters. The minimum absolute atomic E-state index is 0.228. The molecule has 2 aliphatic heterocycles. The van der Waals surface area contributed by atoms with Crippen molar-refractivity contribution in [1.29, 1.82) is 0 Å². The first kappa shape index (κ1) is 26.3. The number of hydrogen-bond acceptors (Lipinski definition) is 6. The van der Waals surface area contributed by atoms with Crippen LogP contribution >= 0.6 is 11.3 Å². The summed E-state index contributed by atoms with van der Waals surface area (Å²) in [6.45, 7) is 4.99. The maximum Gasteiger partial charge on any atom is 0.321 e. The molecule has 1 fully saturated rings. The second kappa shape index (κ2) is 10.3. The predicted octanol–water partition coefficient (Wildman–Crippen LogP) is 4.66. The van der Waals surface area contributed by atoms with Gasteiger partial charge in [0.15, 0.2) is 10.8 Å². The number of β-amino-alcohol motifs (C(OH)–C–C–N with tert-alkyl or cyclic N) is 1. The van der Waals surface area contributed by atoms with Crippen LogP contribution in [0.1, 0.15) is 52.8 Å². The SMILES string of the molecule is CCc1cc(C(=O)N2CCc3sc(F)cc3C2C)nn2cc(-c3ccc(NC(=O)N4CCC(O)C4)cc3F)nc12. The summed E-state index contributed by atoms with van der Waals surface area (Å²) in [5.74, 6) is -0.827. The highest BCUT2D eigenvalue weighted by molar-refractivity contribution is 7.10. The van der Waals surface area contributed by atoms with Gasteiger partial charge in [0, 0.05) is 35.8 Å². The molecule has 2 unspecified atom stereocenters. The molecule has 6 rings (SSSR count). The number of rotatable bonds is 4. The number of anilines is 1. The summed E-state index contributed by atoms with van der Waals surface area (Å²) in [4.78, 5) is 34.7. The van der Waals surface area contributed by atoms with Crippen LogP contribution in [-0.2, 0) is 12.8 Å². The summed E-state index contributed by atoms with van der Waals surface area (Å²) >= 11 is 1.13. The number of aliphatic hydroxyl groups excluding tert-OH is 1. The summed E-state index contributed by atoms with van der Waals surface area (Å²) in [6, 6.07) is 6.91. The fourth-order valence-electron chi connectivity index (χ4n) is 5.43. The number of halogens is 2. The van der Waals surface area contributed by atoms with Crippen LogP contribution in [0.5, 0.6) is 0 Å². The van der Waals surface area contributed by atoms with Crippen molar-refractivity contribution in [1.82, 2.24) is 24.4 Å². The maximum absolute atomic E-state index is 15.2. The molecule has 0 spiro atoms.